The average Bonchev–Trinajstić information content (AvgIpc) is 2.36. The minimum Gasteiger partial charge on any atom is -0.465 e. The van der Waals surface area contributed by atoms with E-state index in [1.54, 1.807) is 6.92 Å². The molecule has 1 N–H and O–H groups in total. The van der Waals surface area contributed by atoms with Gasteiger partial charge in [-0.05, 0) is 62.7 Å². The second-order valence-corrected chi connectivity index (χ2v) is 6.86. The van der Waals surface area contributed by atoms with Crippen LogP contribution < -0.4 is 5.32 Å². The number of hydrogen-bond donors (Lipinski definition) is 1. The van der Waals surface area contributed by atoms with Gasteiger partial charge in [-0.25, -0.2) is 0 Å². The summed E-state index contributed by atoms with van der Waals surface area (Å²) < 4.78 is 43.2. The minimum absolute atomic E-state index is 0.00449. The van der Waals surface area contributed by atoms with Crippen molar-refractivity contribution in [2.75, 3.05) is 13.2 Å². The van der Waals surface area contributed by atoms with Crippen molar-refractivity contribution in [1.82, 2.24) is 5.32 Å². The summed E-state index contributed by atoms with van der Waals surface area (Å²) in [6.45, 7) is 0.792. The first kappa shape index (κ1) is 15.1. The van der Waals surface area contributed by atoms with Crippen LogP contribution in [-0.4, -0.2) is 30.8 Å². The summed E-state index contributed by atoms with van der Waals surface area (Å²) in [6, 6.07) is 0. The molecular weight excluding hydrogens is 283 g/mol. The third-order valence-corrected chi connectivity index (χ3v) is 5.62. The molecule has 0 aromatic carbocycles. The molecule has 4 bridgehead atoms. The Hall–Kier alpha value is -0.780. The van der Waals surface area contributed by atoms with E-state index in [9.17, 15) is 18.0 Å². The molecule has 0 radical (unpaired) electrons. The van der Waals surface area contributed by atoms with Gasteiger partial charge in [-0.1, -0.05) is 0 Å². The number of carbonyl (C=O) groups is 1. The number of alkyl halides is 3. The lowest BCUT2D eigenvalue weighted by atomic mass is 9.48. The quantitative estimate of drug-likeness (QED) is 0.812. The molecular formula is C15H22F3NO2. The fourth-order valence-electron chi connectivity index (χ4n) is 5.12. The molecule has 0 amide bonds. The van der Waals surface area contributed by atoms with Crippen LogP contribution in [0.4, 0.5) is 13.2 Å². The summed E-state index contributed by atoms with van der Waals surface area (Å²) in [7, 11) is 0. The monoisotopic (exact) mass is 305 g/mol. The van der Waals surface area contributed by atoms with E-state index in [1.807, 2.05) is 0 Å². The Morgan fingerprint density at radius 3 is 2.10 bits per heavy atom. The summed E-state index contributed by atoms with van der Waals surface area (Å²) >= 11 is 0. The Labute approximate surface area is 122 Å². The number of esters is 1. The van der Waals surface area contributed by atoms with E-state index in [1.165, 1.54) is 6.42 Å². The third kappa shape index (κ3) is 2.56. The largest absolute Gasteiger partial charge is 0.465 e. The molecule has 0 saturated heterocycles. The average molecular weight is 305 g/mol. The zero-order valence-corrected chi connectivity index (χ0v) is 12.2. The molecule has 4 aliphatic rings. The Morgan fingerprint density at radius 2 is 1.67 bits per heavy atom. The number of nitrogens with one attached hydrogen (secondary N) is 1. The molecule has 0 aromatic heterocycles. The lowest BCUT2D eigenvalue weighted by molar-refractivity contribution is -0.178. The van der Waals surface area contributed by atoms with Crippen LogP contribution in [0.1, 0.15) is 39.0 Å². The fraction of sp³-hybridized carbons (Fsp3) is 0.933. The molecule has 120 valence electrons. The van der Waals surface area contributed by atoms with Crippen LogP contribution in [0.25, 0.3) is 0 Å². The Kier molecular flexibility index (Phi) is 3.71. The summed E-state index contributed by atoms with van der Waals surface area (Å²) in [4.78, 5) is 12.5. The summed E-state index contributed by atoms with van der Waals surface area (Å²) in [5, 5.41) is 2.60. The summed E-state index contributed by atoms with van der Waals surface area (Å²) in [6.07, 6.45) is 0.306. The van der Waals surface area contributed by atoms with Gasteiger partial charge in [0.1, 0.15) is 5.54 Å². The molecule has 4 aliphatic carbocycles. The van der Waals surface area contributed by atoms with Gasteiger partial charge >= 0.3 is 12.1 Å². The first-order chi connectivity index (χ1) is 9.85. The van der Waals surface area contributed by atoms with Crippen LogP contribution in [0.15, 0.2) is 0 Å². The van der Waals surface area contributed by atoms with E-state index in [0.717, 1.165) is 25.7 Å². The van der Waals surface area contributed by atoms with Crippen LogP contribution >= 0.6 is 0 Å². The van der Waals surface area contributed by atoms with E-state index in [0.29, 0.717) is 11.8 Å². The molecule has 0 heterocycles. The first-order valence-electron chi connectivity index (χ1n) is 7.84. The van der Waals surface area contributed by atoms with Crippen molar-refractivity contribution in [2.24, 2.45) is 23.7 Å². The van der Waals surface area contributed by atoms with Gasteiger partial charge in [0.05, 0.1) is 13.2 Å². The Bertz CT molecular complexity index is 394. The van der Waals surface area contributed by atoms with Gasteiger partial charge in [0.15, 0.2) is 0 Å². The van der Waals surface area contributed by atoms with Crippen LogP contribution in [0.3, 0.4) is 0 Å². The number of rotatable bonds is 4. The van der Waals surface area contributed by atoms with E-state index >= 15 is 0 Å². The highest BCUT2D eigenvalue weighted by atomic mass is 19.4. The first-order valence-corrected chi connectivity index (χ1v) is 7.84. The molecule has 4 fully saturated rings. The van der Waals surface area contributed by atoms with E-state index in [4.69, 9.17) is 4.74 Å². The van der Waals surface area contributed by atoms with Gasteiger partial charge in [0.2, 0.25) is 0 Å². The molecule has 0 spiro atoms. The molecule has 0 aromatic rings. The van der Waals surface area contributed by atoms with Gasteiger partial charge in [-0.15, -0.1) is 0 Å². The van der Waals surface area contributed by atoms with Crippen molar-refractivity contribution in [3.05, 3.63) is 0 Å². The van der Waals surface area contributed by atoms with E-state index in [-0.39, 0.29) is 18.4 Å². The summed E-state index contributed by atoms with van der Waals surface area (Å²) in [5.74, 6) is 0.693. The minimum atomic E-state index is -4.31. The number of carbonyl (C=O) groups excluding carboxylic acids is 1. The van der Waals surface area contributed by atoms with Gasteiger partial charge in [0.25, 0.3) is 0 Å². The van der Waals surface area contributed by atoms with Gasteiger partial charge < -0.3 is 4.74 Å². The molecule has 4 rings (SSSR count). The standard InChI is InChI=1S/C15H22F3NO2/c1-2-21-13(20)15(19-8-14(16,17)18)11-4-9-3-10(6-11)7-12(15)5-9/h9-12,19H,2-8H2,1H3. The highest BCUT2D eigenvalue weighted by molar-refractivity contribution is 5.82. The van der Waals surface area contributed by atoms with Crippen LogP contribution in [0, 0.1) is 23.7 Å². The zero-order chi connectivity index (χ0) is 15.3. The smallest absolute Gasteiger partial charge is 0.401 e. The maximum absolute atomic E-state index is 12.7. The van der Waals surface area contributed by atoms with E-state index < -0.39 is 24.2 Å². The summed E-state index contributed by atoms with van der Waals surface area (Å²) in [5.41, 5.74) is -1.11. The van der Waals surface area contributed by atoms with Crippen molar-refractivity contribution >= 4 is 5.97 Å². The van der Waals surface area contributed by atoms with E-state index in [2.05, 4.69) is 5.32 Å². The van der Waals surface area contributed by atoms with Crippen molar-refractivity contribution in [2.45, 2.75) is 50.7 Å². The normalized spacial score (nSPS) is 41.3. The van der Waals surface area contributed by atoms with Crippen LogP contribution in [0.2, 0.25) is 0 Å². The van der Waals surface area contributed by atoms with Crippen molar-refractivity contribution in [3.8, 4) is 0 Å². The number of halogens is 3. The maximum Gasteiger partial charge on any atom is 0.401 e. The molecule has 0 aliphatic heterocycles. The van der Waals surface area contributed by atoms with Crippen molar-refractivity contribution in [1.29, 1.82) is 0 Å². The fourth-order valence-corrected chi connectivity index (χ4v) is 5.12. The van der Waals surface area contributed by atoms with Crippen molar-refractivity contribution < 1.29 is 22.7 Å². The highest BCUT2D eigenvalue weighted by Crippen LogP contribution is 2.58. The SMILES string of the molecule is CCOC(=O)C1(NCC(F)(F)F)C2CC3CC(C2)CC1C3. The van der Waals surface area contributed by atoms with Gasteiger partial charge in [-0.3, -0.25) is 10.1 Å². The maximum atomic E-state index is 12.7. The topological polar surface area (TPSA) is 38.3 Å². The van der Waals surface area contributed by atoms with Crippen LogP contribution in [0.5, 0.6) is 0 Å². The molecule has 6 heteroatoms. The second-order valence-electron chi connectivity index (χ2n) is 6.86. The van der Waals surface area contributed by atoms with Gasteiger partial charge in [0, 0.05) is 0 Å². The predicted octanol–water partition coefficient (Wildman–Crippen LogP) is 2.90. The third-order valence-electron chi connectivity index (χ3n) is 5.62. The predicted molar refractivity (Wildman–Crippen MR) is 70.5 cm³/mol. The molecule has 0 atom stereocenters. The van der Waals surface area contributed by atoms with Crippen LogP contribution in [-0.2, 0) is 9.53 Å². The number of ether oxygens (including phenoxy) is 1. The Balaban J connectivity index is 1.87. The second kappa shape index (κ2) is 5.14. The molecule has 3 nitrogen and oxygen atoms in total. The Morgan fingerprint density at radius 1 is 1.14 bits per heavy atom. The lowest BCUT2D eigenvalue weighted by Crippen LogP contribution is -2.70. The van der Waals surface area contributed by atoms with Crippen molar-refractivity contribution in [3.63, 3.8) is 0 Å². The lowest BCUT2D eigenvalue weighted by Gasteiger charge is -2.59. The molecule has 4 saturated carbocycles. The molecule has 0 unspecified atom stereocenters. The van der Waals surface area contributed by atoms with Gasteiger partial charge in [-0.2, -0.15) is 13.2 Å². The zero-order valence-electron chi connectivity index (χ0n) is 12.2. The molecule has 21 heavy (non-hydrogen) atoms. The number of hydrogen-bond acceptors (Lipinski definition) is 3. The highest BCUT2D eigenvalue weighted by Gasteiger charge is 2.62.